The third kappa shape index (κ3) is 3.14. The highest BCUT2D eigenvalue weighted by Gasteiger charge is 2.16. The molecule has 0 aliphatic heterocycles. The van der Waals surface area contributed by atoms with Gasteiger partial charge in [-0.25, -0.2) is 0 Å². The van der Waals surface area contributed by atoms with E-state index in [4.69, 9.17) is 4.74 Å². The zero-order chi connectivity index (χ0) is 10.5. The molecular formula is C10H17N3OS. The van der Waals surface area contributed by atoms with Crippen molar-refractivity contribution in [2.24, 2.45) is 5.92 Å². The zero-order valence-corrected chi connectivity index (χ0v) is 9.85. The van der Waals surface area contributed by atoms with E-state index in [0.29, 0.717) is 5.19 Å². The second kappa shape index (κ2) is 5.42. The van der Waals surface area contributed by atoms with E-state index in [2.05, 4.69) is 15.5 Å². The molecule has 1 fully saturated rings. The van der Waals surface area contributed by atoms with E-state index in [0.717, 1.165) is 24.1 Å². The van der Waals surface area contributed by atoms with Gasteiger partial charge in [-0.1, -0.05) is 24.2 Å². The molecule has 1 aliphatic carbocycles. The van der Waals surface area contributed by atoms with Crippen molar-refractivity contribution in [2.75, 3.05) is 13.7 Å². The molecule has 1 heterocycles. The fraction of sp³-hybridized carbons (Fsp3) is 0.800. The molecule has 4 nitrogen and oxygen atoms in total. The molecule has 1 N–H and O–H groups in total. The van der Waals surface area contributed by atoms with Crippen molar-refractivity contribution >= 4 is 11.3 Å². The van der Waals surface area contributed by atoms with Gasteiger partial charge in [0.15, 0.2) is 0 Å². The van der Waals surface area contributed by atoms with Crippen molar-refractivity contribution in [1.29, 1.82) is 0 Å². The maximum Gasteiger partial charge on any atom is 0.294 e. The van der Waals surface area contributed by atoms with Crippen LogP contribution in [0.15, 0.2) is 0 Å². The monoisotopic (exact) mass is 227 g/mol. The number of ether oxygens (including phenoxy) is 1. The van der Waals surface area contributed by atoms with Gasteiger partial charge in [-0.2, -0.15) is 0 Å². The van der Waals surface area contributed by atoms with Gasteiger partial charge in [-0.15, -0.1) is 10.2 Å². The predicted octanol–water partition coefficient (Wildman–Crippen LogP) is 1.83. The van der Waals surface area contributed by atoms with Crippen molar-refractivity contribution in [3.05, 3.63) is 5.01 Å². The number of hydrogen-bond acceptors (Lipinski definition) is 5. The van der Waals surface area contributed by atoms with E-state index in [-0.39, 0.29) is 0 Å². The van der Waals surface area contributed by atoms with Crippen LogP contribution in [-0.4, -0.2) is 23.9 Å². The summed E-state index contributed by atoms with van der Waals surface area (Å²) in [5, 5.41) is 12.8. The third-order valence-electron chi connectivity index (χ3n) is 2.69. The smallest absolute Gasteiger partial charge is 0.294 e. The largest absolute Gasteiger partial charge is 0.469 e. The van der Waals surface area contributed by atoms with Crippen LogP contribution in [0.3, 0.4) is 0 Å². The molecule has 15 heavy (non-hydrogen) atoms. The first-order valence-electron chi connectivity index (χ1n) is 5.48. The summed E-state index contributed by atoms with van der Waals surface area (Å²) in [6.45, 7) is 1.58. The van der Waals surface area contributed by atoms with Crippen LogP contribution in [0.4, 0.5) is 0 Å². The van der Waals surface area contributed by atoms with Crippen molar-refractivity contribution < 1.29 is 4.74 Å². The Morgan fingerprint density at radius 1 is 1.40 bits per heavy atom. The van der Waals surface area contributed by atoms with Gasteiger partial charge in [0.1, 0.15) is 5.01 Å². The normalized spacial score (nSPS) is 17.1. The molecule has 2 rings (SSSR count). The summed E-state index contributed by atoms with van der Waals surface area (Å²) >= 11 is 1.53. The highest BCUT2D eigenvalue weighted by molar-refractivity contribution is 7.13. The highest BCUT2D eigenvalue weighted by atomic mass is 32.1. The lowest BCUT2D eigenvalue weighted by Crippen LogP contribution is -2.07. The second-order valence-electron chi connectivity index (χ2n) is 3.95. The summed E-state index contributed by atoms with van der Waals surface area (Å²) in [6, 6.07) is 0. The molecule has 0 saturated heterocycles. The standard InChI is InChI=1S/C10H17N3OS/c1-11-6-9-12-13-10(15-9)14-7-8-4-2-3-5-8/h8,11H,2-7H2,1H3. The maximum atomic E-state index is 5.63. The van der Waals surface area contributed by atoms with Gasteiger partial charge in [0.2, 0.25) is 0 Å². The van der Waals surface area contributed by atoms with E-state index in [1.54, 1.807) is 0 Å². The number of hydrogen-bond donors (Lipinski definition) is 1. The molecule has 0 aromatic carbocycles. The van der Waals surface area contributed by atoms with Crippen molar-refractivity contribution in [1.82, 2.24) is 15.5 Å². The minimum Gasteiger partial charge on any atom is -0.469 e. The lowest BCUT2D eigenvalue weighted by Gasteiger charge is -2.07. The van der Waals surface area contributed by atoms with Gasteiger partial charge in [0.25, 0.3) is 5.19 Å². The van der Waals surface area contributed by atoms with Gasteiger partial charge in [0, 0.05) is 6.54 Å². The molecule has 0 spiro atoms. The van der Waals surface area contributed by atoms with E-state index < -0.39 is 0 Å². The summed E-state index contributed by atoms with van der Waals surface area (Å²) in [4.78, 5) is 0. The van der Waals surface area contributed by atoms with Crippen LogP contribution in [0.25, 0.3) is 0 Å². The van der Waals surface area contributed by atoms with Gasteiger partial charge in [-0.3, -0.25) is 0 Å². The van der Waals surface area contributed by atoms with Crippen molar-refractivity contribution in [2.45, 2.75) is 32.2 Å². The molecule has 1 saturated carbocycles. The Balaban J connectivity index is 1.77. The minimum atomic E-state index is 0.715. The quantitative estimate of drug-likeness (QED) is 0.833. The molecule has 0 radical (unpaired) electrons. The zero-order valence-electron chi connectivity index (χ0n) is 9.03. The Morgan fingerprint density at radius 3 is 2.93 bits per heavy atom. The Labute approximate surface area is 94.1 Å². The van der Waals surface area contributed by atoms with E-state index in [9.17, 15) is 0 Å². The molecule has 0 bridgehead atoms. The van der Waals surface area contributed by atoms with Crippen LogP contribution in [0.5, 0.6) is 5.19 Å². The molecule has 1 aromatic rings. The van der Waals surface area contributed by atoms with E-state index in [1.807, 2.05) is 7.05 Å². The second-order valence-corrected chi connectivity index (χ2v) is 4.98. The number of nitrogens with zero attached hydrogens (tertiary/aromatic N) is 2. The van der Waals surface area contributed by atoms with Crippen LogP contribution < -0.4 is 10.1 Å². The first-order valence-corrected chi connectivity index (χ1v) is 6.30. The molecule has 1 aromatic heterocycles. The summed E-state index contributed by atoms with van der Waals surface area (Å²) < 4.78 is 5.63. The van der Waals surface area contributed by atoms with Gasteiger partial charge >= 0.3 is 0 Å². The SMILES string of the molecule is CNCc1nnc(OCC2CCCC2)s1. The fourth-order valence-corrected chi connectivity index (χ4v) is 2.59. The van der Waals surface area contributed by atoms with Gasteiger partial charge in [0.05, 0.1) is 6.61 Å². The Bertz CT molecular complexity index is 297. The molecule has 0 amide bonds. The van der Waals surface area contributed by atoms with Crippen LogP contribution in [0.1, 0.15) is 30.7 Å². The Morgan fingerprint density at radius 2 is 2.20 bits per heavy atom. The lowest BCUT2D eigenvalue weighted by molar-refractivity contribution is 0.249. The number of rotatable bonds is 5. The molecule has 0 unspecified atom stereocenters. The average molecular weight is 227 g/mol. The number of aromatic nitrogens is 2. The number of nitrogens with one attached hydrogen (secondary N) is 1. The van der Waals surface area contributed by atoms with E-state index >= 15 is 0 Å². The van der Waals surface area contributed by atoms with Crippen molar-refractivity contribution in [3.63, 3.8) is 0 Å². The molecule has 0 atom stereocenters. The van der Waals surface area contributed by atoms with Gasteiger partial charge < -0.3 is 10.1 Å². The predicted molar refractivity (Wildman–Crippen MR) is 60.1 cm³/mol. The van der Waals surface area contributed by atoms with Crippen LogP contribution in [0, 0.1) is 5.92 Å². The summed E-state index contributed by atoms with van der Waals surface area (Å²) in [6.07, 6.45) is 5.33. The lowest BCUT2D eigenvalue weighted by atomic mass is 10.1. The first-order chi connectivity index (χ1) is 7.38. The maximum absolute atomic E-state index is 5.63. The minimum absolute atomic E-state index is 0.715. The Hall–Kier alpha value is -0.680. The summed E-state index contributed by atoms with van der Waals surface area (Å²) in [7, 11) is 1.90. The molecule has 1 aliphatic rings. The molecule has 5 heteroatoms. The molecule has 84 valence electrons. The summed E-state index contributed by atoms with van der Waals surface area (Å²) in [5.41, 5.74) is 0. The van der Waals surface area contributed by atoms with Crippen molar-refractivity contribution in [3.8, 4) is 5.19 Å². The topological polar surface area (TPSA) is 47.0 Å². The fourth-order valence-electron chi connectivity index (χ4n) is 1.89. The average Bonchev–Trinajstić information content (AvgIpc) is 2.85. The van der Waals surface area contributed by atoms with Gasteiger partial charge in [-0.05, 0) is 25.8 Å². The molecular weight excluding hydrogens is 210 g/mol. The third-order valence-corrected chi connectivity index (χ3v) is 3.53. The van der Waals surface area contributed by atoms with Crippen LogP contribution >= 0.6 is 11.3 Å². The first kappa shape index (κ1) is 10.8. The Kier molecular flexibility index (Phi) is 3.91. The summed E-state index contributed by atoms with van der Waals surface area (Å²) in [5.74, 6) is 0.738. The highest BCUT2D eigenvalue weighted by Crippen LogP contribution is 2.26. The van der Waals surface area contributed by atoms with Crippen LogP contribution in [-0.2, 0) is 6.54 Å². The van der Waals surface area contributed by atoms with Crippen LogP contribution in [0.2, 0.25) is 0 Å². The van der Waals surface area contributed by atoms with E-state index in [1.165, 1.54) is 37.0 Å².